The molecular weight excluding hydrogens is 388 g/mol. The van der Waals surface area contributed by atoms with E-state index in [4.69, 9.17) is 18.1 Å². The van der Waals surface area contributed by atoms with Crippen molar-refractivity contribution in [2.75, 3.05) is 26.4 Å². The molecule has 0 amide bonds. The lowest BCUT2D eigenvalue weighted by molar-refractivity contribution is 0.193. The highest BCUT2D eigenvalue weighted by Gasteiger charge is 2.51. The first-order valence-electron chi connectivity index (χ1n) is 9.12. The van der Waals surface area contributed by atoms with Crippen LogP contribution in [0.15, 0.2) is 30.3 Å². The van der Waals surface area contributed by atoms with E-state index in [1.54, 1.807) is 39.8 Å². The molecule has 0 fully saturated rings. The van der Waals surface area contributed by atoms with E-state index in [0.29, 0.717) is 0 Å². The summed E-state index contributed by atoms with van der Waals surface area (Å²) in [6, 6.07) is 11.2. The lowest BCUT2D eigenvalue weighted by Crippen LogP contribution is -2.20. The zero-order chi connectivity index (χ0) is 20.3. The number of rotatable bonds is 13. The molecule has 9 heteroatoms. The van der Waals surface area contributed by atoms with Gasteiger partial charge in [-0.2, -0.15) is 5.26 Å². The monoisotopic (exact) mass is 417 g/mol. The topological polar surface area (TPSA) is 94.9 Å². The smallest absolute Gasteiger partial charge is 0.308 e. The van der Waals surface area contributed by atoms with Gasteiger partial charge < -0.3 is 18.1 Å². The van der Waals surface area contributed by atoms with Crippen LogP contribution < -0.4 is 0 Å². The molecule has 0 bridgehead atoms. The zero-order valence-electron chi connectivity index (χ0n) is 16.4. The van der Waals surface area contributed by atoms with Gasteiger partial charge in [-0.15, -0.1) is 0 Å². The van der Waals surface area contributed by atoms with Crippen LogP contribution in [-0.2, 0) is 27.2 Å². The van der Waals surface area contributed by atoms with E-state index in [1.807, 2.05) is 18.2 Å². The Bertz CT molecular complexity index is 641. The number of benzene rings is 1. The fourth-order valence-electron chi connectivity index (χ4n) is 2.73. The first kappa shape index (κ1) is 24.0. The van der Waals surface area contributed by atoms with Crippen molar-refractivity contribution >= 4 is 15.2 Å². The lowest BCUT2D eigenvalue weighted by Gasteiger charge is -2.32. The Kier molecular flexibility index (Phi) is 10.5. The second-order valence-corrected chi connectivity index (χ2v) is 10.4. The predicted molar refractivity (Wildman–Crippen MR) is 105 cm³/mol. The van der Waals surface area contributed by atoms with Crippen molar-refractivity contribution in [1.29, 1.82) is 5.26 Å². The van der Waals surface area contributed by atoms with Crippen LogP contribution in [0.1, 0.15) is 45.6 Å². The minimum absolute atomic E-state index is 0.0327. The molecule has 0 aromatic heterocycles. The van der Waals surface area contributed by atoms with Gasteiger partial charge in [0.05, 0.1) is 38.4 Å². The minimum Gasteiger partial charge on any atom is -0.308 e. The first-order valence-corrected chi connectivity index (χ1v) is 12.3. The third kappa shape index (κ3) is 6.54. The Labute approximate surface area is 162 Å². The number of nitrogens with zero attached hydrogens (tertiary/aromatic N) is 1. The summed E-state index contributed by atoms with van der Waals surface area (Å²) in [5.41, 5.74) is 0.726. The summed E-state index contributed by atoms with van der Waals surface area (Å²) in [7, 11) is -7.72. The molecule has 0 saturated heterocycles. The normalized spacial score (nSPS) is 13.5. The molecule has 0 radical (unpaired) electrons. The fourth-order valence-corrected chi connectivity index (χ4v) is 8.13. The summed E-state index contributed by atoms with van der Waals surface area (Å²) >= 11 is 0. The van der Waals surface area contributed by atoms with Crippen molar-refractivity contribution in [3.63, 3.8) is 0 Å². The van der Waals surface area contributed by atoms with Crippen molar-refractivity contribution in [2.24, 2.45) is 0 Å². The molecule has 0 N–H and O–H groups in total. The molecule has 0 aliphatic rings. The van der Waals surface area contributed by atoms with Gasteiger partial charge in [0.1, 0.15) is 0 Å². The summed E-state index contributed by atoms with van der Waals surface area (Å²) in [4.78, 5) is 0. The van der Waals surface area contributed by atoms with E-state index in [1.165, 1.54) is 0 Å². The van der Waals surface area contributed by atoms with Crippen LogP contribution in [-0.4, -0.2) is 31.8 Å². The second-order valence-electron chi connectivity index (χ2n) is 5.56. The van der Waals surface area contributed by atoms with Gasteiger partial charge in [-0.05, 0) is 39.7 Å². The molecule has 152 valence electrons. The van der Waals surface area contributed by atoms with Crippen LogP contribution in [0, 0.1) is 11.3 Å². The van der Waals surface area contributed by atoms with Crippen LogP contribution in [0.4, 0.5) is 0 Å². The van der Waals surface area contributed by atoms with E-state index in [0.717, 1.165) is 5.56 Å². The third-order valence-electron chi connectivity index (χ3n) is 3.77. The molecule has 1 aromatic rings. The Hall–Kier alpha value is -0.990. The molecule has 0 heterocycles. The van der Waals surface area contributed by atoms with Gasteiger partial charge in [0.2, 0.25) is 0 Å². The quantitative estimate of drug-likeness (QED) is 0.389. The summed E-state index contributed by atoms with van der Waals surface area (Å²) < 4.78 is 48.8. The number of hydrogen-bond donors (Lipinski definition) is 0. The molecule has 7 nitrogen and oxygen atoms in total. The van der Waals surface area contributed by atoms with Gasteiger partial charge in [0, 0.05) is 0 Å². The summed E-state index contributed by atoms with van der Waals surface area (Å²) in [5, 5.41) is 8.49. The average Bonchev–Trinajstić information content (AvgIpc) is 2.64. The maximum absolute atomic E-state index is 13.5. The third-order valence-corrected chi connectivity index (χ3v) is 9.82. The summed E-state index contributed by atoms with van der Waals surface area (Å²) in [6.45, 7) is 7.12. The Morgan fingerprint density at radius 1 is 0.852 bits per heavy atom. The van der Waals surface area contributed by atoms with Crippen LogP contribution in [0.3, 0.4) is 0 Å². The number of hydrogen-bond acceptors (Lipinski definition) is 7. The molecule has 1 atom stereocenters. The van der Waals surface area contributed by atoms with Crippen LogP contribution >= 0.6 is 15.2 Å². The van der Waals surface area contributed by atoms with Crippen molar-refractivity contribution in [3.8, 4) is 6.07 Å². The highest BCUT2D eigenvalue weighted by atomic mass is 31.2. The maximum atomic E-state index is 13.5. The standard InChI is InChI=1S/C18H29NO6P2/c1-5-22-26(20,23-6-2)18(27(21,24-7-3)25-8-4)14-17(15-19)16-12-10-9-11-13-16/h9-13,17-18H,5-8,14H2,1-4H3/t17-/m0/s1. The molecular formula is C18H29NO6P2. The molecule has 0 saturated carbocycles. The van der Waals surface area contributed by atoms with Gasteiger partial charge in [0.15, 0.2) is 5.40 Å². The Morgan fingerprint density at radius 3 is 1.59 bits per heavy atom. The van der Waals surface area contributed by atoms with Crippen molar-refractivity contribution in [3.05, 3.63) is 35.9 Å². The van der Waals surface area contributed by atoms with E-state index in [2.05, 4.69) is 6.07 Å². The molecule has 0 spiro atoms. The highest BCUT2D eigenvalue weighted by Crippen LogP contribution is 2.72. The fraction of sp³-hybridized carbons (Fsp3) is 0.611. The van der Waals surface area contributed by atoms with Crippen molar-refractivity contribution < 1.29 is 27.2 Å². The van der Waals surface area contributed by atoms with Gasteiger partial charge in [-0.25, -0.2) is 0 Å². The Morgan fingerprint density at radius 2 is 1.26 bits per heavy atom. The zero-order valence-corrected chi connectivity index (χ0v) is 18.2. The van der Waals surface area contributed by atoms with Crippen molar-refractivity contribution in [1.82, 2.24) is 0 Å². The molecule has 0 aliphatic heterocycles. The Balaban J connectivity index is 3.41. The van der Waals surface area contributed by atoms with E-state index < -0.39 is 26.5 Å². The van der Waals surface area contributed by atoms with E-state index in [-0.39, 0.29) is 32.8 Å². The van der Waals surface area contributed by atoms with E-state index >= 15 is 0 Å². The van der Waals surface area contributed by atoms with Gasteiger partial charge in [-0.3, -0.25) is 9.13 Å². The highest BCUT2D eigenvalue weighted by molar-refractivity contribution is 7.72. The largest absolute Gasteiger partial charge is 0.345 e. The van der Waals surface area contributed by atoms with Crippen LogP contribution in [0.25, 0.3) is 0 Å². The van der Waals surface area contributed by atoms with Gasteiger partial charge >= 0.3 is 15.2 Å². The average molecular weight is 417 g/mol. The SMILES string of the molecule is CCOP(=O)(OCC)C(C[C@@H](C#N)c1ccccc1)P(=O)(OCC)OCC. The predicted octanol–water partition coefficient (Wildman–Crippen LogP) is 5.54. The molecule has 1 aromatic carbocycles. The minimum atomic E-state index is -3.86. The van der Waals surface area contributed by atoms with Crippen LogP contribution in [0.5, 0.6) is 0 Å². The lowest BCUT2D eigenvalue weighted by atomic mass is 9.98. The summed E-state index contributed by atoms with van der Waals surface area (Å²) in [6.07, 6.45) is -0.0327. The summed E-state index contributed by atoms with van der Waals surface area (Å²) in [5.74, 6) is -0.667. The maximum Gasteiger partial charge on any atom is 0.345 e. The first-order chi connectivity index (χ1) is 12.9. The van der Waals surface area contributed by atoms with Gasteiger partial charge in [-0.1, -0.05) is 30.3 Å². The molecule has 1 rings (SSSR count). The van der Waals surface area contributed by atoms with Crippen LogP contribution in [0.2, 0.25) is 0 Å². The van der Waals surface area contributed by atoms with Gasteiger partial charge in [0.25, 0.3) is 0 Å². The second kappa shape index (κ2) is 11.8. The molecule has 27 heavy (non-hydrogen) atoms. The number of nitriles is 1. The van der Waals surface area contributed by atoms with E-state index in [9.17, 15) is 14.4 Å². The molecule has 0 unspecified atom stereocenters. The molecule has 0 aliphatic carbocycles. The van der Waals surface area contributed by atoms with Crippen molar-refractivity contribution in [2.45, 2.75) is 45.4 Å².